The van der Waals surface area contributed by atoms with Crippen molar-refractivity contribution in [2.45, 2.75) is 31.2 Å². The SMILES string of the molecule is CN(c1ncccc1CNc1nc(Cc2cccc(CNS(=O)(=O)C(F)(F)F)c2)ncc1C(F)(F)F)S(C)(=O)=O. The van der Waals surface area contributed by atoms with Gasteiger partial charge in [0.1, 0.15) is 23.0 Å². The molecule has 0 fully saturated rings. The Morgan fingerprint density at radius 2 is 1.60 bits per heavy atom. The first kappa shape index (κ1) is 31.0. The van der Waals surface area contributed by atoms with Gasteiger partial charge in [0, 0.05) is 44.5 Å². The van der Waals surface area contributed by atoms with E-state index in [1.54, 1.807) is 0 Å². The molecular weight excluding hydrogens is 590 g/mol. The molecule has 0 unspecified atom stereocenters. The number of hydrogen-bond acceptors (Lipinski definition) is 8. The summed E-state index contributed by atoms with van der Waals surface area (Å²) in [5, 5.41) is 2.56. The van der Waals surface area contributed by atoms with E-state index in [9.17, 15) is 43.2 Å². The lowest BCUT2D eigenvalue weighted by Gasteiger charge is -2.20. The Hall–Kier alpha value is -3.51. The van der Waals surface area contributed by atoms with Crippen molar-refractivity contribution in [2.75, 3.05) is 22.9 Å². The summed E-state index contributed by atoms with van der Waals surface area (Å²) >= 11 is 0. The van der Waals surface area contributed by atoms with E-state index in [0.29, 0.717) is 11.8 Å². The number of nitrogens with zero attached hydrogens (tertiary/aromatic N) is 4. The second-order valence-electron chi connectivity index (χ2n) is 8.38. The third-order valence-electron chi connectivity index (χ3n) is 5.38. The van der Waals surface area contributed by atoms with Crippen LogP contribution in [0.2, 0.25) is 0 Å². The number of hydrogen-bond donors (Lipinski definition) is 2. The molecule has 3 aromatic rings. The molecule has 40 heavy (non-hydrogen) atoms. The number of aromatic nitrogens is 3. The number of alkyl halides is 6. The minimum absolute atomic E-state index is 0.00157. The third kappa shape index (κ3) is 7.79. The van der Waals surface area contributed by atoms with Crippen molar-refractivity contribution in [3.05, 3.63) is 76.9 Å². The molecule has 0 bridgehead atoms. The van der Waals surface area contributed by atoms with Gasteiger partial charge in [-0.2, -0.15) is 26.3 Å². The van der Waals surface area contributed by atoms with E-state index in [-0.39, 0.29) is 35.7 Å². The van der Waals surface area contributed by atoms with Crippen molar-refractivity contribution in [1.82, 2.24) is 19.7 Å². The molecule has 0 radical (unpaired) electrons. The van der Waals surface area contributed by atoms with E-state index >= 15 is 0 Å². The smallest absolute Gasteiger partial charge is 0.365 e. The van der Waals surface area contributed by atoms with Gasteiger partial charge in [0.25, 0.3) is 0 Å². The predicted octanol–water partition coefficient (Wildman–Crippen LogP) is 3.43. The maximum absolute atomic E-state index is 13.7. The van der Waals surface area contributed by atoms with Crippen LogP contribution in [0.5, 0.6) is 0 Å². The Morgan fingerprint density at radius 1 is 0.925 bits per heavy atom. The normalized spacial score (nSPS) is 12.8. The second kappa shape index (κ2) is 11.5. The number of rotatable bonds is 10. The van der Waals surface area contributed by atoms with Crippen molar-refractivity contribution in [2.24, 2.45) is 0 Å². The molecular formula is C22H22F6N6O4S2. The molecule has 218 valence electrons. The summed E-state index contributed by atoms with van der Waals surface area (Å²) in [6.07, 6.45) is -2.14. The highest BCUT2D eigenvalue weighted by Gasteiger charge is 2.45. The zero-order valence-corrected chi connectivity index (χ0v) is 22.4. The van der Waals surface area contributed by atoms with Crippen LogP contribution in [-0.4, -0.2) is 50.6 Å². The highest BCUT2D eigenvalue weighted by molar-refractivity contribution is 7.92. The molecule has 0 amide bonds. The summed E-state index contributed by atoms with van der Waals surface area (Å²) in [7, 11) is -8.04. The van der Waals surface area contributed by atoms with Gasteiger partial charge < -0.3 is 5.32 Å². The van der Waals surface area contributed by atoms with Crippen LogP contribution in [0.25, 0.3) is 0 Å². The summed E-state index contributed by atoms with van der Waals surface area (Å²) in [5.41, 5.74) is -5.86. The molecule has 3 rings (SSSR count). The van der Waals surface area contributed by atoms with Gasteiger partial charge in [-0.15, -0.1) is 0 Å². The summed E-state index contributed by atoms with van der Waals surface area (Å²) in [4.78, 5) is 11.7. The van der Waals surface area contributed by atoms with E-state index in [1.807, 2.05) is 0 Å². The maximum Gasteiger partial charge on any atom is 0.511 e. The Kier molecular flexibility index (Phi) is 8.95. The predicted molar refractivity (Wildman–Crippen MR) is 133 cm³/mol. The van der Waals surface area contributed by atoms with Gasteiger partial charge in [0.2, 0.25) is 10.0 Å². The maximum atomic E-state index is 13.7. The summed E-state index contributed by atoms with van der Waals surface area (Å²) in [6, 6.07) is 8.62. The van der Waals surface area contributed by atoms with Crippen LogP contribution < -0.4 is 14.3 Å². The minimum atomic E-state index is -5.57. The largest absolute Gasteiger partial charge is 0.511 e. The van der Waals surface area contributed by atoms with Crippen molar-refractivity contribution in [3.8, 4) is 0 Å². The number of nitrogens with one attached hydrogen (secondary N) is 2. The quantitative estimate of drug-likeness (QED) is 0.333. The molecule has 18 heteroatoms. The topological polar surface area (TPSA) is 134 Å². The van der Waals surface area contributed by atoms with E-state index in [1.165, 1.54) is 54.4 Å². The minimum Gasteiger partial charge on any atom is -0.365 e. The third-order valence-corrected chi connectivity index (χ3v) is 7.68. The lowest BCUT2D eigenvalue weighted by atomic mass is 10.1. The molecule has 2 N–H and O–H groups in total. The standard InChI is InChI=1S/C22H22F6N6O4S2/c1-34(39(2,35)36)20-16(7-4-8-29-20)12-31-19-17(21(23,24)25)13-30-18(33-19)10-14-5-3-6-15(9-14)11-32-40(37,38)22(26,27)28/h3-9,13,32H,10-12H2,1-2H3,(H,30,31,33). The summed E-state index contributed by atoms with van der Waals surface area (Å²) in [6.45, 7) is -0.955. The van der Waals surface area contributed by atoms with Crippen molar-refractivity contribution < 1.29 is 43.2 Å². The van der Waals surface area contributed by atoms with Gasteiger partial charge in [0.05, 0.1) is 6.26 Å². The number of sulfonamides is 2. The highest BCUT2D eigenvalue weighted by Crippen LogP contribution is 2.34. The first-order valence-corrected chi connectivity index (χ1v) is 14.4. The molecule has 2 heterocycles. The van der Waals surface area contributed by atoms with Crippen LogP contribution >= 0.6 is 0 Å². The van der Waals surface area contributed by atoms with Crippen LogP contribution in [0.4, 0.5) is 38.0 Å². The molecule has 0 saturated carbocycles. The van der Waals surface area contributed by atoms with E-state index in [2.05, 4.69) is 20.3 Å². The Balaban J connectivity index is 1.85. The van der Waals surface area contributed by atoms with Gasteiger partial charge in [-0.05, 0) is 17.2 Å². The fourth-order valence-electron chi connectivity index (χ4n) is 3.33. The zero-order chi connectivity index (χ0) is 29.9. The average molecular weight is 613 g/mol. The lowest BCUT2D eigenvalue weighted by molar-refractivity contribution is -0.137. The first-order valence-electron chi connectivity index (χ1n) is 11.1. The summed E-state index contributed by atoms with van der Waals surface area (Å²) in [5.74, 6) is -0.676. The van der Waals surface area contributed by atoms with Crippen molar-refractivity contribution in [1.29, 1.82) is 0 Å². The fraction of sp³-hybridized carbons (Fsp3) is 0.318. The van der Waals surface area contributed by atoms with Gasteiger partial charge >= 0.3 is 21.7 Å². The van der Waals surface area contributed by atoms with Crippen LogP contribution in [0.1, 0.15) is 28.1 Å². The highest BCUT2D eigenvalue weighted by atomic mass is 32.2. The lowest BCUT2D eigenvalue weighted by Crippen LogP contribution is -2.35. The zero-order valence-electron chi connectivity index (χ0n) is 20.7. The van der Waals surface area contributed by atoms with Crippen LogP contribution in [-0.2, 0) is 45.7 Å². The van der Waals surface area contributed by atoms with E-state index in [0.717, 1.165) is 10.6 Å². The number of anilines is 2. The van der Waals surface area contributed by atoms with Gasteiger partial charge in [0.15, 0.2) is 0 Å². The van der Waals surface area contributed by atoms with Crippen LogP contribution in [0.3, 0.4) is 0 Å². The second-order valence-corrected chi connectivity index (χ2v) is 12.2. The van der Waals surface area contributed by atoms with Crippen LogP contribution in [0.15, 0.2) is 48.8 Å². The van der Waals surface area contributed by atoms with Gasteiger partial charge in [-0.25, -0.2) is 36.5 Å². The number of benzene rings is 1. The number of halogens is 6. The average Bonchev–Trinajstić information content (AvgIpc) is 2.84. The van der Waals surface area contributed by atoms with Gasteiger partial charge in [-0.1, -0.05) is 30.3 Å². The monoisotopic (exact) mass is 612 g/mol. The molecule has 0 aliphatic heterocycles. The molecule has 10 nitrogen and oxygen atoms in total. The van der Waals surface area contributed by atoms with Gasteiger partial charge in [-0.3, -0.25) is 4.31 Å². The number of pyridine rings is 1. The molecule has 0 aliphatic carbocycles. The summed E-state index contributed by atoms with van der Waals surface area (Å²) < 4.78 is 127. The molecule has 2 aromatic heterocycles. The van der Waals surface area contributed by atoms with Crippen molar-refractivity contribution >= 4 is 31.7 Å². The first-order chi connectivity index (χ1) is 18.4. The Morgan fingerprint density at radius 3 is 2.23 bits per heavy atom. The molecule has 0 saturated heterocycles. The van der Waals surface area contributed by atoms with E-state index < -0.39 is 49.7 Å². The van der Waals surface area contributed by atoms with E-state index in [4.69, 9.17) is 0 Å². The molecule has 0 aliphatic rings. The van der Waals surface area contributed by atoms with Crippen LogP contribution in [0, 0.1) is 0 Å². The Labute approximate surface area is 225 Å². The molecule has 1 aromatic carbocycles. The Bertz CT molecular complexity index is 1580. The molecule has 0 atom stereocenters. The van der Waals surface area contributed by atoms with Crippen molar-refractivity contribution in [3.63, 3.8) is 0 Å². The fourth-order valence-corrected chi connectivity index (χ4v) is 4.32. The molecule has 0 spiro atoms.